The van der Waals surface area contributed by atoms with Crippen molar-refractivity contribution in [2.75, 3.05) is 6.54 Å². The van der Waals surface area contributed by atoms with Gasteiger partial charge >= 0.3 is 6.18 Å². The van der Waals surface area contributed by atoms with E-state index in [1.165, 1.54) is 24.3 Å². The molecule has 10 heteroatoms. The van der Waals surface area contributed by atoms with E-state index in [1.54, 1.807) is 24.3 Å². The normalized spacial score (nSPS) is 16.7. The van der Waals surface area contributed by atoms with Gasteiger partial charge in [0.25, 0.3) is 5.91 Å². The number of nitroso groups, excluding NO2 is 1. The van der Waals surface area contributed by atoms with Gasteiger partial charge in [-0.3, -0.25) is 4.79 Å². The van der Waals surface area contributed by atoms with Crippen molar-refractivity contribution in [3.63, 3.8) is 0 Å². The number of carbonyl (C=O) groups excluding carboxylic acids is 1. The van der Waals surface area contributed by atoms with Gasteiger partial charge in [0.05, 0.1) is 16.4 Å². The first-order valence-electron chi connectivity index (χ1n) is 10.7. The third-order valence-corrected chi connectivity index (χ3v) is 6.03. The number of hydrogen-bond donors (Lipinski definition) is 2. The molecule has 2 aromatic carbocycles. The molecule has 3 N–H and O–H groups in total. The van der Waals surface area contributed by atoms with Gasteiger partial charge in [-0.1, -0.05) is 60.3 Å². The van der Waals surface area contributed by atoms with Crippen molar-refractivity contribution in [1.29, 1.82) is 0 Å². The Kier molecular flexibility index (Phi) is 8.09. The Balaban J connectivity index is 1.84. The fourth-order valence-electron chi connectivity index (χ4n) is 3.73. The molecular weight excluding hydrogens is 469 g/mol. The molecule has 0 heterocycles. The number of aliphatic imine (C=N–C) groups is 1. The Hall–Kier alpha value is -3.20. The zero-order valence-corrected chi connectivity index (χ0v) is 19.0. The highest BCUT2D eigenvalue weighted by Crippen LogP contribution is 2.31. The quantitative estimate of drug-likeness (QED) is 0.363. The van der Waals surface area contributed by atoms with Crippen LogP contribution in [0.15, 0.2) is 70.5 Å². The molecule has 0 aromatic heterocycles. The van der Waals surface area contributed by atoms with Crippen molar-refractivity contribution in [3.8, 4) is 0 Å². The van der Waals surface area contributed by atoms with Gasteiger partial charge in [-0.05, 0) is 43.2 Å². The van der Waals surface area contributed by atoms with Gasteiger partial charge in [0, 0.05) is 17.7 Å². The second-order valence-electron chi connectivity index (χ2n) is 8.18. The van der Waals surface area contributed by atoms with E-state index < -0.39 is 23.3 Å². The Morgan fingerprint density at radius 3 is 2.26 bits per heavy atom. The summed E-state index contributed by atoms with van der Waals surface area (Å²) < 4.78 is 39.2. The van der Waals surface area contributed by atoms with Gasteiger partial charge in [-0.15, -0.1) is 0 Å². The number of halogens is 4. The van der Waals surface area contributed by atoms with Gasteiger partial charge in [0.1, 0.15) is 11.2 Å². The molecule has 6 nitrogen and oxygen atoms in total. The zero-order valence-electron chi connectivity index (χ0n) is 18.2. The van der Waals surface area contributed by atoms with Crippen molar-refractivity contribution in [2.24, 2.45) is 15.9 Å². The maximum Gasteiger partial charge on any atom is 0.430 e. The molecule has 3 rings (SSSR count). The highest BCUT2D eigenvalue weighted by atomic mass is 35.5. The summed E-state index contributed by atoms with van der Waals surface area (Å²) in [5.41, 5.74) is 3.90. The summed E-state index contributed by atoms with van der Waals surface area (Å²) >= 11 is 6.11. The number of benzene rings is 2. The highest BCUT2D eigenvalue weighted by molar-refractivity contribution is 6.33. The van der Waals surface area contributed by atoms with Crippen LogP contribution in [0.4, 0.5) is 18.9 Å². The summed E-state index contributed by atoms with van der Waals surface area (Å²) in [6, 6.07) is 12.3. The van der Waals surface area contributed by atoms with E-state index in [4.69, 9.17) is 17.3 Å². The highest BCUT2D eigenvalue weighted by Gasteiger charge is 2.34. The van der Waals surface area contributed by atoms with Gasteiger partial charge in [-0.25, -0.2) is 4.99 Å². The minimum Gasteiger partial charge on any atom is -0.395 e. The van der Waals surface area contributed by atoms with Crippen LogP contribution in [0.5, 0.6) is 0 Å². The van der Waals surface area contributed by atoms with Crippen molar-refractivity contribution in [1.82, 2.24) is 5.32 Å². The van der Waals surface area contributed by atoms with Gasteiger partial charge in [0.2, 0.25) is 0 Å². The first-order valence-corrected chi connectivity index (χ1v) is 11.1. The van der Waals surface area contributed by atoms with Crippen molar-refractivity contribution in [3.05, 3.63) is 81.4 Å². The summed E-state index contributed by atoms with van der Waals surface area (Å²) in [6.07, 6.45) is 0.0633. The van der Waals surface area contributed by atoms with Gasteiger partial charge in [-0.2, -0.15) is 18.1 Å². The third-order valence-electron chi connectivity index (χ3n) is 5.71. The summed E-state index contributed by atoms with van der Waals surface area (Å²) in [5.74, 6) is -0.407. The van der Waals surface area contributed by atoms with Crippen LogP contribution in [0.1, 0.15) is 48.0 Å². The van der Waals surface area contributed by atoms with Gasteiger partial charge in [0.15, 0.2) is 0 Å². The van der Waals surface area contributed by atoms with Crippen LogP contribution < -0.4 is 11.1 Å². The van der Waals surface area contributed by atoms with E-state index >= 15 is 0 Å². The Morgan fingerprint density at radius 2 is 1.68 bits per heavy atom. The SMILES string of the molecule is NC(=CC(=Nc1ccccc1Cl)c1ccc(C(=O)NCC2(N=O)CCCCC2)cc1)C(F)(F)F. The Bertz CT molecular complexity index is 1090. The van der Waals surface area contributed by atoms with E-state index in [0.717, 1.165) is 25.3 Å². The average molecular weight is 493 g/mol. The second-order valence-corrected chi connectivity index (χ2v) is 8.59. The van der Waals surface area contributed by atoms with Crippen LogP contribution in [0.2, 0.25) is 5.02 Å². The molecule has 1 aliphatic rings. The second kappa shape index (κ2) is 10.8. The Labute approximate surface area is 200 Å². The number of nitrogens with zero attached hydrogens (tertiary/aromatic N) is 2. The largest absolute Gasteiger partial charge is 0.430 e. The number of nitrogens with one attached hydrogen (secondary N) is 1. The number of nitrogens with two attached hydrogens (primary N) is 1. The molecule has 180 valence electrons. The third kappa shape index (κ3) is 6.44. The first-order chi connectivity index (χ1) is 16.1. The number of rotatable bonds is 7. The van der Waals surface area contributed by atoms with E-state index in [1.807, 2.05) is 0 Å². The molecule has 0 spiro atoms. The lowest BCUT2D eigenvalue weighted by atomic mass is 9.82. The van der Waals surface area contributed by atoms with Crippen LogP contribution in [-0.2, 0) is 0 Å². The predicted octanol–water partition coefficient (Wildman–Crippen LogP) is 6.06. The maximum absolute atomic E-state index is 13.1. The predicted molar refractivity (Wildman–Crippen MR) is 126 cm³/mol. The molecule has 1 saturated carbocycles. The average Bonchev–Trinajstić information content (AvgIpc) is 2.83. The number of carbonyl (C=O) groups is 1. The molecule has 0 saturated heterocycles. The summed E-state index contributed by atoms with van der Waals surface area (Å²) in [6.45, 7) is 0.140. The van der Waals surface area contributed by atoms with Crippen LogP contribution in [-0.4, -0.2) is 29.9 Å². The van der Waals surface area contributed by atoms with Crippen molar-refractivity contribution in [2.45, 2.75) is 43.8 Å². The molecule has 1 amide bonds. The van der Waals surface area contributed by atoms with Crippen LogP contribution in [0, 0.1) is 4.91 Å². The van der Waals surface area contributed by atoms with E-state index in [-0.39, 0.29) is 28.5 Å². The topological polar surface area (TPSA) is 96.9 Å². The first kappa shape index (κ1) is 25.4. The number of alkyl halides is 3. The summed E-state index contributed by atoms with van der Waals surface area (Å²) in [4.78, 5) is 28.2. The van der Waals surface area contributed by atoms with Crippen LogP contribution in [0.25, 0.3) is 0 Å². The molecule has 34 heavy (non-hydrogen) atoms. The lowest BCUT2D eigenvalue weighted by Crippen LogP contribution is -2.42. The Morgan fingerprint density at radius 1 is 1.06 bits per heavy atom. The molecule has 0 radical (unpaired) electrons. The number of hydrogen-bond acceptors (Lipinski definition) is 5. The fraction of sp³-hybridized carbons (Fsp3) is 0.333. The molecule has 2 aromatic rings. The monoisotopic (exact) mass is 492 g/mol. The molecular formula is C24H24ClF3N4O2. The fourth-order valence-corrected chi connectivity index (χ4v) is 3.91. The van der Waals surface area contributed by atoms with Crippen LogP contribution >= 0.6 is 11.6 Å². The number of allylic oxidation sites excluding steroid dienone is 2. The standard InChI is InChI=1S/C24H24ClF3N4O2/c25-18-6-2-3-7-19(18)31-20(14-21(29)24(26,27)28)16-8-10-17(11-9-16)22(33)30-15-23(32-34)12-4-1-5-13-23/h2-3,6-11,14H,1,4-5,12-13,15,29H2,(H,30,33). The lowest BCUT2D eigenvalue weighted by Gasteiger charge is -2.30. The number of amides is 1. The van der Waals surface area contributed by atoms with E-state index in [2.05, 4.69) is 15.5 Å². The smallest absolute Gasteiger partial charge is 0.395 e. The minimum atomic E-state index is -4.73. The molecule has 1 aliphatic carbocycles. The van der Waals surface area contributed by atoms with Crippen molar-refractivity contribution >= 4 is 28.9 Å². The van der Waals surface area contributed by atoms with E-state index in [0.29, 0.717) is 18.4 Å². The van der Waals surface area contributed by atoms with E-state index in [9.17, 15) is 22.9 Å². The molecule has 0 unspecified atom stereocenters. The summed E-state index contributed by atoms with van der Waals surface area (Å²) in [5, 5.41) is 6.28. The summed E-state index contributed by atoms with van der Waals surface area (Å²) in [7, 11) is 0. The lowest BCUT2D eigenvalue weighted by molar-refractivity contribution is -0.0925. The maximum atomic E-state index is 13.1. The zero-order chi connectivity index (χ0) is 24.8. The van der Waals surface area contributed by atoms with Crippen LogP contribution in [0.3, 0.4) is 0 Å². The molecule has 0 atom stereocenters. The number of para-hydroxylation sites is 1. The van der Waals surface area contributed by atoms with Crippen molar-refractivity contribution < 1.29 is 18.0 Å². The minimum absolute atomic E-state index is 0.0683. The molecule has 1 fully saturated rings. The molecule has 0 aliphatic heterocycles. The molecule has 0 bridgehead atoms. The van der Waals surface area contributed by atoms with Gasteiger partial charge < -0.3 is 11.1 Å².